The number of hydrogen-bond donors (Lipinski definition) is 1. The minimum Gasteiger partial charge on any atom is -0.456 e. The molecule has 4 nitrogen and oxygen atoms in total. The number of esters is 1. The summed E-state index contributed by atoms with van der Waals surface area (Å²) in [6, 6.07) is 4.24. The number of nitrogens with one attached hydrogen (secondary N) is 1. The molecular formula is C11H11BrFNO3. The van der Waals surface area contributed by atoms with Crippen molar-refractivity contribution in [2.24, 2.45) is 0 Å². The molecule has 1 aromatic rings. The topological polar surface area (TPSA) is 55.4 Å². The summed E-state index contributed by atoms with van der Waals surface area (Å²) in [5, 5.41) is 2.30. The van der Waals surface area contributed by atoms with Gasteiger partial charge >= 0.3 is 5.97 Å². The Hall–Kier alpha value is -1.43. The van der Waals surface area contributed by atoms with Crippen LogP contribution in [-0.4, -0.2) is 18.5 Å². The molecule has 1 N–H and O–H groups in total. The Labute approximate surface area is 106 Å². The van der Waals surface area contributed by atoms with Gasteiger partial charge in [-0.05, 0) is 18.2 Å². The van der Waals surface area contributed by atoms with E-state index in [1.165, 1.54) is 12.1 Å². The first-order valence-corrected chi connectivity index (χ1v) is 5.72. The van der Waals surface area contributed by atoms with E-state index in [0.717, 1.165) is 0 Å². The van der Waals surface area contributed by atoms with Crippen molar-refractivity contribution in [2.75, 3.05) is 11.9 Å². The molecule has 0 spiro atoms. The highest BCUT2D eigenvalue weighted by atomic mass is 79.9. The molecule has 0 heterocycles. The van der Waals surface area contributed by atoms with E-state index < -0.39 is 24.3 Å². The molecule has 0 aliphatic carbocycles. The van der Waals surface area contributed by atoms with Gasteiger partial charge in [-0.1, -0.05) is 22.9 Å². The van der Waals surface area contributed by atoms with Crippen molar-refractivity contribution in [3.63, 3.8) is 0 Å². The number of amides is 1. The first-order valence-electron chi connectivity index (χ1n) is 4.93. The molecule has 1 aromatic carbocycles. The summed E-state index contributed by atoms with van der Waals surface area (Å²) in [7, 11) is 0. The van der Waals surface area contributed by atoms with E-state index in [1.807, 2.05) is 0 Å². The van der Waals surface area contributed by atoms with Gasteiger partial charge in [0.1, 0.15) is 5.82 Å². The van der Waals surface area contributed by atoms with Crippen molar-refractivity contribution in [2.45, 2.75) is 13.3 Å². The summed E-state index contributed by atoms with van der Waals surface area (Å²) in [4.78, 5) is 22.1. The van der Waals surface area contributed by atoms with E-state index in [2.05, 4.69) is 26.0 Å². The Morgan fingerprint density at radius 3 is 2.76 bits per heavy atom. The molecule has 6 heteroatoms. The van der Waals surface area contributed by atoms with E-state index in [4.69, 9.17) is 0 Å². The molecule has 0 fully saturated rings. The number of ether oxygens (including phenoxy) is 1. The minimum atomic E-state index is -0.576. The van der Waals surface area contributed by atoms with Crippen LogP contribution >= 0.6 is 15.9 Å². The van der Waals surface area contributed by atoms with Crippen LogP contribution in [-0.2, 0) is 14.3 Å². The summed E-state index contributed by atoms with van der Waals surface area (Å²) in [6.45, 7) is 1.21. The van der Waals surface area contributed by atoms with Crippen LogP contribution in [0.15, 0.2) is 22.7 Å². The lowest BCUT2D eigenvalue weighted by Gasteiger charge is -2.07. The fraction of sp³-hybridized carbons (Fsp3) is 0.273. The molecule has 0 aliphatic rings. The molecule has 92 valence electrons. The second-order valence-corrected chi connectivity index (χ2v) is 4.10. The summed E-state index contributed by atoms with van der Waals surface area (Å²) < 4.78 is 18.5. The zero-order valence-corrected chi connectivity index (χ0v) is 10.7. The first-order chi connectivity index (χ1) is 8.02. The molecule has 0 aromatic heterocycles. The molecule has 0 aliphatic heterocycles. The van der Waals surface area contributed by atoms with Gasteiger partial charge in [-0.15, -0.1) is 0 Å². The SMILES string of the molecule is CCC(=O)OCC(=O)Nc1ccc(Br)cc1F. The summed E-state index contributed by atoms with van der Waals surface area (Å²) in [5.41, 5.74) is 0.0470. The Morgan fingerprint density at radius 2 is 2.18 bits per heavy atom. The highest BCUT2D eigenvalue weighted by Gasteiger charge is 2.09. The van der Waals surface area contributed by atoms with Crippen molar-refractivity contribution < 1.29 is 18.7 Å². The number of halogens is 2. The summed E-state index contributed by atoms with van der Waals surface area (Å²) in [6.07, 6.45) is 0.194. The Morgan fingerprint density at radius 1 is 1.47 bits per heavy atom. The van der Waals surface area contributed by atoms with Crippen LogP contribution in [0.2, 0.25) is 0 Å². The Bertz CT molecular complexity index is 437. The third-order valence-electron chi connectivity index (χ3n) is 1.86. The number of carbonyl (C=O) groups is 2. The predicted molar refractivity (Wildman–Crippen MR) is 64.0 cm³/mol. The molecule has 0 unspecified atom stereocenters. The molecule has 1 rings (SSSR count). The van der Waals surface area contributed by atoms with Gasteiger partial charge in [-0.3, -0.25) is 9.59 Å². The smallest absolute Gasteiger partial charge is 0.306 e. The van der Waals surface area contributed by atoms with Gasteiger partial charge in [0, 0.05) is 10.9 Å². The average Bonchev–Trinajstić information content (AvgIpc) is 2.29. The van der Waals surface area contributed by atoms with Gasteiger partial charge in [0.05, 0.1) is 5.69 Å². The lowest BCUT2D eigenvalue weighted by Crippen LogP contribution is -2.21. The second kappa shape index (κ2) is 6.34. The Balaban J connectivity index is 2.53. The second-order valence-electron chi connectivity index (χ2n) is 3.19. The number of hydrogen-bond acceptors (Lipinski definition) is 3. The van der Waals surface area contributed by atoms with Crippen LogP contribution in [0, 0.1) is 5.82 Å². The molecular weight excluding hydrogens is 293 g/mol. The normalized spacial score (nSPS) is 9.82. The molecule has 0 radical (unpaired) electrons. The maximum absolute atomic E-state index is 13.3. The van der Waals surface area contributed by atoms with Gasteiger partial charge < -0.3 is 10.1 Å². The number of carbonyl (C=O) groups excluding carboxylic acids is 2. The van der Waals surface area contributed by atoms with Gasteiger partial charge in [-0.25, -0.2) is 4.39 Å². The summed E-state index contributed by atoms with van der Waals surface area (Å²) in [5.74, 6) is -1.61. The van der Waals surface area contributed by atoms with Crippen molar-refractivity contribution >= 4 is 33.5 Å². The van der Waals surface area contributed by atoms with Gasteiger partial charge in [0.25, 0.3) is 5.91 Å². The largest absolute Gasteiger partial charge is 0.456 e. The third-order valence-corrected chi connectivity index (χ3v) is 2.35. The lowest BCUT2D eigenvalue weighted by atomic mass is 10.3. The highest BCUT2D eigenvalue weighted by Crippen LogP contribution is 2.19. The predicted octanol–water partition coefficient (Wildman–Crippen LogP) is 2.48. The van der Waals surface area contributed by atoms with Gasteiger partial charge in [-0.2, -0.15) is 0 Å². The molecule has 0 saturated heterocycles. The van der Waals surface area contributed by atoms with Crippen LogP contribution in [0.25, 0.3) is 0 Å². The monoisotopic (exact) mass is 303 g/mol. The maximum atomic E-state index is 13.3. The van der Waals surface area contributed by atoms with E-state index in [1.54, 1.807) is 13.0 Å². The molecule has 0 atom stereocenters. The van der Waals surface area contributed by atoms with Crippen molar-refractivity contribution in [1.29, 1.82) is 0 Å². The lowest BCUT2D eigenvalue weighted by molar-refractivity contribution is -0.146. The molecule has 1 amide bonds. The van der Waals surface area contributed by atoms with Crippen molar-refractivity contribution in [3.05, 3.63) is 28.5 Å². The van der Waals surface area contributed by atoms with Crippen LogP contribution in [0.1, 0.15) is 13.3 Å². The van der Waals surface area contributed by atoms with Crippen LogP contribution in [0.3, 0.4) is 0 Å². The average molecular weight is 304 g/mol. The van der Waals surface area contributed by atoms with Gasteiger partial charge in [0.15, 0.2) is 6.61 Å². The Kier molecular flexibility index (Phi) is 5.09. The van der Waals surface area contributed by atoms with Crippen LogP contribution < -0.4 is 5.32 Å². The quantitative estimate of drug-likeness (QED) is 0.870. The van der Waals surface area contributed by atoms with Crippen molar-refractivity contribution in [3.8, 4) is 0 Å². The van der Waals surface area contributed by atoms with Crippen LogP contribution in [0.4, 0.5) is 10.1 Å². The summed E-state index contributed by atoms with van der Waals surface area (Å²) >= 11 is 3.10. The zero-order valence-electron chi connectivity index (χ0n) is 9.13. The standard InChI is InChI=1S/C11H11BrFNO3/c1-2-11(16)17-6-10(15)14-9-4-3-7(12)5-8(9)13/h3-5H,2,6H2,1H3,(H,14,15). The highest BCUT2D eigenvalue weighted by molar-refractivity contribution is 9.10. The van der Waals surface area contributed by atoms with E-state index in [9.17, 15) is 14.0 Å². The molecule has 0 saturated carbocycles. The van der Waals surface area contributed by atoms with Crippen LogP contribution in [0.5, 0.6) is 0 Å². The fourth-order valence-electron chi connectivity index (χ4n) is 1.03. The van der Waals surface area contributed by atoms with E-state index >= 15 is 0 Å². The maximum Gasteiger partial charge on any atom is 0.306 e. The number of rotatable bonds is 4. The fourth-order valence-corrected chi connectivity index (χ4v) is 1.36. The van der Waals surface area contributed by atoms with E-state index in [0.29, 0.717) is 4.47 Å². The molecule has 17 heavy (non-hydrogen) atoms. The van der Waals surface area contributed by atoms with E-state index in [-0.39, 0.29) is 12.1 Å². The number of benzene rings is 1. The molecule has 0 bridgehead atoms. The third kappa shape index (κ3) is 4.52. The zero-order chi connectivity index (χ0) is 12.8. The van der Waals surface area contributed by atoms with Gasteiger partial charge in [0.2, 0.25) is 0 Å². The minimum absolute atomic E-state index is 0.0470. The van der Waals surface area contributed by atoms with Crippen molar-refractivity contribution in [1.82, 2.24) is 0 Å². The number of anilines is 1. The first kappa shape index (κ1) is 13.6.